The Morgan fingerprint density at radius 3 is 3.16 bits per heavy atom. The number of thioether (sulfide) groups is 1. The first-order valence-corrected chi connectivity index (χ1v) is 7.12. The summed E-state index contributed by atoms with van der Waals surface area (Å²) < 4.78 is 1.95. The van der Waals surface area contributed by atoms with Crippen LogP contribution in [-0.4, -0.2) is 20.3 Å². The lowest BCUT2D eigenvalue weighted by Gasteiger charge is -2.04. The normalized spacial score (nSPS) is 13.1. The van der Waals surface area contributed by atoms with Gasteiger partial charge in [0, 0.05) is 25.0 Å². The summed E-state index contributed by atoms with van der Waals surface area (Å²) in [7, 11) is 0. The fraction of sp³-hybridized carbons (Fsp3) is 0.250. The molecule has 0 aromatic carbocycles. The number of hydrogen-bond acceptors (Lipinski definition) is 5. The molecule has 0 spiro atoms. The largest absolute Gasteiger partial charge is 0.363 e. The fourth-order valence-electron chi connectivity index (χ4n) is 1.91. The van der Waals surface area contributed by atoms with Crippen LogP contribution in [0.2, 0.25) is 5.15 Å². The van der Waals surface area contributed by atoms with Crippen LogP contribution in [0.1, 0.15) is 11.3 Å². The minimum Gasteiger partial charge on any atom is -0.363 e. The van der Waals surface area contributed by atoms with Crippen molar-refractivity contribution in [2.75, 3.05) is 11.1 Å². The Bertz CT molecular complexity index is 643. The van der Waals surface area contributed by atoms with Gasteiger partial charge in [-0.3, -0.25) is 0 Å². The molecular weight excluding hydrogens is 282 g/mol. The van der Waals surface area contributed by atoms with Gasteiger partial charge in [0.05, 0.1) is 0 Å². The summed E-state index contributed by atoms with van der Waals surface area (Å²) in [4.78, 5) is 8.45. The van der Waals surface area contributed by atoms with E-state index in [1.807, 2.05) is 10.6 Å². The molecule has 0 saturated heterocycles. The SMILES string of the molecule is N#Cc1c(NCc2ccc(Cl)nc2)nc2n1CCS2. The topological polar surface area (TPSA) is 66.5 Å². The quantitative estimate of drug-likeness (QED) is 0.880. The molecule has 19 heavy (non-hydrogen) atoms. The standard InChI is InChI=1S/C12H10ClN5S/c13-10-2-1-8(6-15-10)7-16-11-9(5-14)18-3-4-19-12(18)17-11/h1-2,6,16H,3-4,7H2. The lowest BCUT2D eigenvalue weighted by molar-refractivity contribution is 0.711. The second-order valence-electron chi connectivity index (χ2n) is 4.05. The number of nitriles is 1. The van der Waals surface area contributed by atoms with E-state index in [0.717, 1.165) is 23.0 Å². The van der Waals surface area contributed by atoms with Gasteiger partial charge in [0.2, 0.25) is 0 Å². The van der Waals surface area contributed by atoms with E-state index in [-0.39, 0.29) is 0 Å². The average Bonchev–Trinajstić information content (AvgIpc) is 2.98. The van der Waals surface area contributed by atoms with Gasteiger partial charge < -0.3 is 9.88 Å². The zero-order valence-electron chi connectivity index (χ0n) is 9.93. The van der Waals surface area contributed by atoms with Gasteiger partial charge in [0.1, 0.15) is 11.2 Å². The first-order chi connectivity index (χ1) is 9.28. The molecule has 0 saturated carbocycles. The van der Waals surface area contributed by atoms with Crippen LogP contribution in [0.15, 0.2) is 23.5 Å². The van der Waals surface area contributed by atoms with Gasteiger partial charge in [-0.2, -0.15) is 5.26 Å². The first kappa shape index (κ1) is 12.3. The highest BCUT2D eigenvalue weighted by Gasteiger charge is 2.21. The summed E-state index contributed by atoms with van der Waals surface area (Å²) in [5.41, 5.74) is 1.59. The molecular formula is C12H10ClN5S. The van der Waals surface area contributed by atoms with Crippen LogP contribution in [0.5, 0.6) is 0 Å². The fourth-order valence-corrected chi connectivity index (χ4v) is 2.97. The second-order valence-corrected chi connectivity index (χ2v) is 5.50. The summed E-state index contributed by atoms with van der Waals surface area (Å²) in [5.74, 6) is 1.62. The average molecular weight is 292 g/mol. The third-order valence-electron chi connectivity index (χ3n) is 2.83. The van der Waals surface area contributed by atoms with Crippen LogP contribution in [-0.2, 0) is 13.1 Å². The summed E-state index contributed by atoms with van der Waals surface area (Å²) in [6.07, 6.45) is 1.71. The summed E-state index contributed by atoms with van der Waals surface area (Å²) in [6, 6.07) is 5.85. The molecule has 3 heterocycles. The Balaban J connectivity index is 1.77. The van der Waals surface area contributed by atoms with Gasteiger partial charge in [-0.15, -0.1) is 0 Å². The van der Waals surface area contributed by atoms with Crippen molar-refractivity contribution in [2.45, 2.75) is 18.2 Å². The number of rotatable bonds is 3. The monoisotopic (exact) mass is 291 g/mol. The molecule has 2 aromatic rings. The Morgan fingerprint density at radius 2 is 2.42 bits per heavy atom. The van der Waals surface area contributed by atoms with Crippen LogP contribution in [0, 0.1) is 11.3 Å². The first-order valence-electron chi connectivity index (χ1n) is 5.75. The highest BCUT2D eigenvalue weighted by atomic mass is 35.5. The molecule has 0 radical (unpaired) electrons. The van der Waals surface area contributed by atoms with Gasteiger partial charge >= 0.3 is 0 Å². The lowest BCUT2D eigenvalue weighted by Crippen LogP contribution is -2.04. The van der Waals surface area contributed by atoms with Gasteiger partial charge in [-0.25, -0.2) is 9.97 Å². The van der Waals surface area contributed by atoms with E-state index in [1.54, 1.807) is 24.0 Å². The number of nitrogens with zero attached hydrogens (tertiary/aromatic N) is 4. The predicted molar refractivity (Wildman–Crippen MR) is 74.2 cm³/mol. The van der Waals surface area contributed by atoms with Crippen molar-refractivity contribution in [2.24, 2.45) is 0 Å². The van der Waals surface area contributed by atoms with E-state index >= 15 is 0 Å². The Labute approximate surface area is 119 Å². The van der Waals surface area contributed by atoms with Gasteiger partial charge in [0.15, 0.2) is 16.7 Å². The van der Waals surface area contributed by atoms with Crippen molar-refractivity contribution < 1.29 is 0 Å². The molecule has 0 amide bonds. The van der Waals surface area contributed by atoms with E-state index in [2.05, 4.69) is 21.4 Å². The van der Waals surface area contributed by atoms with Crippen LogP contribution in [0.3, 0.4) is 0 Å². The van der Waals surface area contributed by atoms with Gasteiger partial charge in [-0.1, -0.05) is 29.4 Å². The molecule has 0 unspecified atom stereocenters. The third kappa shape index (κ3) is 2.39. The van der Waals surface area contributed by atoms with E-state index in [9.17, 15) is 5.26 Å². The highest BCUT2D eigenvalue weighted by molar-refractivity contribution is 7.99. The van der Waals surface area contributed by atoms with Gasteiger partial charge in [0.25, 0.3) is 0 Å². The Morgan fingerprint density at radius 1 is 1.53 bits per heavy atom. The summed E-state index contributed by atoms with van der Waals surface area (Å²) in [6.45, 7) is 1.42. The molecule has 2 aromatic heterocycles. The lowest BCUT2D eigenvalue weighted by atomic mass is 10.3. The molecule has 5 nitrogen and oxygen atoms in total. The number of anilines is 1. The number of nitrogens with one attached hydrogen (secondary N) is 1. The van der Waals surface area contributed by atoms with Crippen molar-refractivity contribution in [1.29, 1.82) is 5.26 Å². The maximum atomic E-state index is 9.22. The number of pyridine rings is 1. The zero-order chi connectivity index (χ0) is 13.2. The van der Waals surface area contributed by atoms with E-state index in [4.69, 9.17) is 11.6 Å². The summed E-state index contributed by atoms with van der Waals surface area (Å²) >= 11 is 7.41. The number of fused-ring (bicyclic) bond motifs is 1. The maximum absolute atomic E-state index is 9.22. The van der Waals surface area contributed by atoms with Crippen LogP contribution in [0.4, 0.5) is 5.82 Å². The number of imidazole rings is 1. The zero-order valence-corrected chi connectivity index (χ0v) is 11.5. The molecule has 0 bridgehead atoms. The van der Waals surface area contributed by atoms with Crippen LogP contribution >= 0.6 is 23.4 Å². The molecule has 1 N–H and O–H groups in total. The van der Waals surface area contributed by atoms with Crippen molar-refractivity contribution in [3.63, 3.8) is 0 Å². The summed E-state index contributed by atoms with van der Waals surface area (Å²) in [5, 5.41) is 13.8. The molecule has 0 atom stereocenters. The maximum Gasteiger partial charge on any atom is 0.171 e. The predicted octanol–water partition coefficient (Wildman–Crippen LogP) is 2.52. The molecule has 1 aliphatic heterocycles. The van der Waals surface area contributed by atoms with Crippen molar-refractivity contribution >= 4 is 29.2 Å². The van der Waals surface area contributed by atoms with E-state index in [0.29, 0.717) is 23.2 Å². The Kier molecular flexibility index (Phi) is 3.32. The minimum atomic E-state index is 0.471. The van der Waals surface area contributed by atoms with Gasteiger partial charge in [-0.05, 0) is 11.6 Å². The highest BCUT2D eigenvalue weighted by Crippen LogP contribution is 2.30. The van der Waals surface area contributed by atoms with Crippen LogP contribution in [0.25, 0.3) is 0 Å². The molecule has 7 heteroatoms. The third-order valence-corrected chi connectivity index (χ3v) is 4.01. The van der Waals surface area contributed by atoms with E-state index < -0.39 is 0 Å². The number of halogens is 1. The van der Waals surface area contributed by atoms with Crippen molar-refractivity contribution in [1.82, 2.24) is 14.5 Å². The van der Waals surface area contributed by atoms with Crippen molar-refractivity contribution in [3.8, 4) is 6.07 Å². The molecule has 1 aliphatic rings. The van der Waals surface area contributed by atoms with Crippen LogP contribution < -0.4 is 5.32 Å². The number of hydrogen-bond donors (Lipinski definition) is 1. The Hall–Kier alpha value is -1.71. The van der Waals surface area contributed by atoms with Crippen molar-refractivity contribution in [3.05, 3.63) is 34.7 Å². The number of aromatic nitrogens is 3. The molecule has 0 fully saturated rings. The molecule has 96 valence electrons. The second kappa shape index (κ2) is 5.11. The minimum absolute atomic E-state index is 0.471. The van der Waals surface area contributed by atoms with E-state index in [1.165, 1.54) is 0 Å². The molecule has 3 rings (SSSR count). The molecule has 0 aliphatic carbocycles. The smallest absolute Gasteiger partial charge is 0.171 e.